The second kappa shape index (κ2) is 2.77. The molecule has 68 valence electrons. The van der Waals surface area contributed by atoms with Crippen LogP contribution in [0, 0.1) is 11.6 Å². The molecule has 0 heterocycles. The molecule has 0 saturated carbocycles. The van der Waals surface area contributed by atoms with E-state index in [1.807, 2.05) is 0 Å². The Labute approximate surface area is 78.3 Å². The van der Waals surface area contributed by atoms with Crippen LogP contribution in [0.5, 0.6) is 0 Å². The lowest BCUT2D eigenvalue weighted by atomic mass is 10.1. The van der Waals surface area contributed by atoms with Gasteiger partial charge in [0.15, 0.2) is 17.4 Å². The average Bonchev–Trinajstić information content (AvgIpc) is 2.44. The van der Waals surface area contributed by atoms with Crippen LogP contribution in [0.25, 0.3) is 0 Å². The summed E-state index contributed by atoms with van der Waals surface area (Å²) < 4.78 is 25.9. The van der Waals surface area contributed by atoms with Gasteiger partial charge in [-0.25, -0.2) is 8.78 Å². The predicted molar refractivity (Wildman–Crippen MR) is 44.0 cm³/mol. The molecule has 1 aliphatic carbocycles. The van der Waals surface area contributed by atoms with Gasteiger partial charge in [-0.15, -0.1) is 0 Å². The van der Waals surface area contributed by atoms with E-state index >= 15 is 0 Å². The van der Waals surface area contributed by atoms with E-state index in [1.54, 1.807) is 0 Å². The normalized spacial score (nSPS) is 14.8. The van der Waals surface area contributed by atoms with Gasteiger partial charge in [-0.1, -0.05) is 11.6 Å². The molecule has 0 saturated heterocycles. The largest absolute Gasteiger partial charge is 0.294 e. The predicted octanol–water partition coefficient (Wildman–Crippen LogP) is 2.75. The molecule has 0 atom stereocenters. The highest BCUT2D eigenvalue weighted by molar-refractivity contribution is 6.34. The molecule has 13 heavy (non-hydrogen) atoms. The molecule has 1 aliphatic rings. The molecule has 0 radical (unpaired) electrons. The Balaban J connectivity index is 2.76. The van der Waals surface area contributed by atoms with E-state index in [0.717, 1.165) is 6.07 Å². The number of hydrogen-bond acceptors (Lipinski definition) is 1. The van der Waals surface area contributed by atoms with Crippen LogP contribution in [0.4, 0.5) is 8.78 Å². The summed E-state index contributed by atoms with van der Waals surface area (Å²) in [7, 11) is 0. The van der Waals surface area contributed by atoms with Gasteiger partial charge in [0, 0.05) is 17.5 Å². The molecule has 1 aromatic rings. The SMILES string of the molecule is O=C1CCc2c(F)c(F)cc(Cl)c21. The molecule has 0 N–H and O–H groups in total. The number of carbonyl (C=O) groups is 1. The van der Waals surface area contributed by atoms with Crippen molar-refractivity contribution in [2.75, 3.05) is 0 Å². The van der Waals surface area contributed by atoms with Gasteiger partial charge >= 0.3 is 0 Å². The van der Waals surface area contributed by atoms with Crippen LogP contribution >= 0.6 is 11.6 Å². The number of Topliss-reactive ketones (excluding diaryl/α,β-unsaturated/α-hetero) is 1. The maximum atomic E-state index is 13.1. The van der Waals surface area contributed by atoms with Gasteiger partial charge in [0.25, 0.3) is 0 Å². The van der Waals surface area contributed by atoms with E-state index in [2.05, 4.69) is 0 Å². The molecule has 1 nitrogen and oxygen atoms in total. The Kier molecular flexibility index (Phi) is 1.84. The van der Waals surface area contributed by atoms with Crippen LogP contribution < -0.4 is 0 Å². The number of ketones is 1. The third-order valence-corrected chi connectivity index (χ3v) is 2.45. The minimum atomic E-state index is -0.988. The molecule has 1 aromatic carbocycles. The van der Waals surface area contributed by atoms with Gasteiger partial charge in [0.2, 0.25) is 0 Å². The van der Waals surface area contributed by atoms with Crippen molar-refractivity contribution in [1.82, 2.24) is 0 Å². The number of fused-ring (bicyclic) bond motifs is 1. The fraction of sp³-hybridized carbons (Fsp3) is 0.222. The Morgan fingerprint density at radius 1 is 1.31 bits per heavy atom. The standard InChI is InChI=1S/C9H5ClF2O/c10-5-3-6(11)9(12)4-1-2-7(13)8(4)5/h3H,1-2H2. The quantitative estimate of drug-likeness (QED) is 0.592. The smallest absolute Gasteiger partial charge is 0.165 e. The third kappa shape index (κ3) is 1.15. The minimum Gasteiger partial charge on any atom is -0.294 e. The zero-order chi connectivity index (χ0) is 9.59. The van der Waals surface area contributed by atoms with E-state index in [1.165, 1.54) is 0 Å². The van der Waals surface area contributed by atoms with Crippen molar-refractivity contribution in [3.63, 3.8) is 0 Å². The highest BCUT2D eigenvalue weighted by Gasteiger charge is 2.27. The van der Waals surface area contributed by atoms with Crippen LogP contribution in [0.2, 0.25) is 5.02 Å². The number of carbonyl (C=O) groups excluding carboxylic acids is 1. The van der Waals surface area contributed by atoms with Crippen molar-refractivity contribution in [2.24, 2.45) is 0 Å². The Hall–Kier alpha value is -0.960. The minimum absolute atomic E-state index is 0.0106. The topological polar surface area (TPSA) is 17.1 Å². The average molecular weight is 203 g/mol. The van der Waals surface area contributed by atoms with Crippen LogP contribution in [-0.4, -0.2) is 5.78 Å². The van der Waals surface area contributed by atoms with Crippen molar-refractivity contribution < 1.29 is 13.6 Å². The van der Waals surface area contributed by atoms with Gasteiger partial charge in [0.1, 0.15) is 0 Å². The van der Waals surface area contributed by atoms with Crippen molar-refractivity contribution in [1.29, 1.82) is 0 Å². The Morgan fingerprint density at radius 3 is 2.69 bits per heavy atom. The van der Waals surface area contributed by atoms with E-state index in [0.29, 0.717) is 0 Å². The molecule has 0 amide bonds. The van der Waals surface area contributed by atoms with Gasteiger partial charge in [0.05, 0.1) is 5.02 Å². The van der Waals surface area contributed by atoms with Crippen molar-refractivity contribution in [3.05, 3.63) is 33.9 Å². The summed E-state index contributed by atoms with van der Waals surface area (Å²) in [6.45, 7) is 0. The third-order valence-electron chi connectivity index (χ3n) is 2.15. The zero-order valence-electron chi connectivity index (χ0n) is 6.53. The molecular weight excluding hydrogens is 198 g/mol. The summed E-state index contributed by atoms with van der Waals surface area (Å²) in [6.07, 6.45) is 0.465. The fourth-order valence-corrected chi connectivity index (χ4v) is 1.86. The van der Waals surface area contributed by atoms with Crippen LogP contribution in [-0.2, 0) is 6.42 Å². The maximum Gasteiger partial charge on any atom is 0.165 e. The summed E-state index contributed by atoms with van der Waals surface area (Å²) in [6, 6.07) is 0.846. The van der Waals surface area contributed by atoms with Gasteiger partial charge in [-0.2, -0.15) is 0 Å². The molecule has 0 unspecified atom stereocenters. The lowest BCUT2D eigenvalue weighted by Crippen LogP contribution is -1.97. The Morgan fingerprint density at radius 2 is 2.00 bits per heavy atom. The van der Waals surface area contributed by atoms with Gasteiger partial charge in [-0.3, -0.25) is 4.79 Å². The first-order chi connectivity index (χ1) is 6.11. The van der Waals surface area contributed by atoms with E-state index in [9.17, 15) is 13.6 Å². The second-order valence-electron chi connectivity index (χ2n) is 2.93. The van der Waals surface area contributed by atoms with Crippen molar-refractivity contribution >= 4 is 17.4 Å². The van der Waals surface area contributed by atoms with Crippen molar-refractivity contribution in [3.8, 4) is 0 Å². The zero-order valence-corrected chi connectivity index (χ0v) is 7.29. The summed E-state index contributed by atoms with van der Waals surface area (Å²) in [5.74, 6) is -2.14. The van der Waals surface area contributed by atoms with E-state index in [-0.39, 0.29) is 34.8 Å². The number of halogens is 3. The molecular formula is C9H5ClF2O. The van der Waals surface area contributed by atoms with E-state index < -0.39 is 11.6 Å². The number of rotatable bonds is 0. The molecule has 4 heteroatoms. The maximum absolute atomic E-state index is 13.1. The van der Waals surface area contributed by atoms with Crippen LogP contribution in [0.15, 0.2) is 6.07 Å². The first kappa shape index (κ1) is 8.63. The second-order valence-corrected chi connectivity index (χ2v) is 3.34. The highest BCUT2D eigenvalue weighted by Crippen LogP contribution is 2.32. The molecule has 0 aliphatic heterocycles. The van der Waals surface area contributed by atoms with Gasteiger partial charge in [-0.05, 0) is 12.5 Å². The summed E-state index contributed by atoms with van der Waals surface area (Å²) in [4.78, 5) is 11.2. The summed E-state index contributed by atoms with van der Waals surface area (Å²) in [5.41, 5.74) is 0.274. The Bertz CT molecular complexity index is 401. The molecule has 0 bridgehead atoms. The first-order valence-electron chi connectivity index (χ1n) is 3.81. The molecule has 2 rings (SSSR count). The number of benzene rings is 1. The summed E-state index contributed by atoms with van der Waals surface area (Å²) in [5, 5.41) is 0.0106. The van der Waals surface area contributed by atoms with Crippen LogP contribution in [0.3, 0.4) is 0 Å². The molecule has 0 spiro atoms. The monoisotopic (exact) mass is 202 g/mol. The van der Waals surface area contributed by atoms with Gasteiger partial charge < -0.3 is 0 Å². The number of hydrogen-bond donors (Lipinski definition) is 0. The highest BCUT2D eigenvalue weighted by atomic mass is 35.5. The lowest BCUT2D eigenvalue weighted by Gasteiger charge is -2.02. The lowest BCUT2D eigenvalue weighted by molar-refractivity contribution is 0.0994. The first-order valence-corrected chi connectivity index (χ1v) is 4.18. The molecule has 0 fully saturated rings. The fourth-order valence-electron chi connectivity index (χ4n) is 1.54. The van der Waals surface area contributed by atoms with Crippen molar-refractivity contribution in [2.45, 2.75) is 12.8 Å². The summed E-state index contributed by atoms with van der Waals surface area (Å²) >= 11 is 5.61. The molecule has 0 aromatic heterocycles. The van der Waals surface area contributed by atoms with E-state index in [4.69, 9.17) is 11.6 Å². The van der Waals surface area contributed by atoms with Crippen LogP contribution in [0.1, 0.15) is 22.3 Å².